The number of hydrogen-bond acceptors (Lipinski definition) is 3. The number of rotatable bonds is 3. The van der Waals surface area contributed by atoms with Crippen molar-refractivity contribution in [3.8, 4) is 0 Å². The maximum atomic E-state index is 12.0. The largest absolute Gasteiger partial charge is 0.387 e. The first-order valence-electron chi connectivity index (χ1n) is 5.98. The van der Waals surface area contributed by atoms with E-state index in [0.717, 1.165) is 24.1 Å². The number of nitrogens with zero attached hydrogens (tertiary/aromatic N) is 1. The number of aliphatic hydroxyl groups excluding tert-OH is 1. The van der Waals surface area contributed by atoms with E-state index in [1.54, 1.807) is 4.90 Å². The Bertz CT molecular complexity index is 459. The number of benzene rings is 1. The fourth-order valence-corrected chi connectivity index (χ4v) is 2.12. The lowest BCUT2D eigenvalue weighted by molar-refractivity contribution is -0.126. The van der Waals surface area contributed by atoms with Gasteiger partial charge in [-0.3, -0.25) is 9.59 Å². The molecule has 0 unspecified atom stereocenters. The van der Waals surface area contributed by atoms with E-state index in [2.05, 4.69) is 5.32 Å². The van der Waals surface area contributed by atoms with Gasteiger partial charge in [-0.25, -0.2) is 0 Å². The molecule has 5 nitrogen and oxygen atoms in total. The van der Waals surface area contributed by atoms with E-state index < -0.39 is 12.5 Å². The van der Waals surface area contributed by atoms with Crippen LogP contribution in [0.5, 0.6) is 0 Å². The predicted octanol–water partition coefficient (Wildman–Crippen LogP) is 0.0743. The number of aliphatic hydroxyl groups is 1. The number of hydrogen-bond donors (Lipinski definition) is 2. The van der Waals surface area contributed by atoms with Gasteiger partial charge in [0, 0.05) is 12.2 Å². The van der Waals surface area contributed by atoms with Gasteiger partial charge in [0.2, 0.25) is 11.8 Å². The van der Waals surface area contributed by atoms with Gasteiger partial charge in [0.1, 0.15) is 6.61 Å². The lowest BCUT2D eigenvalue weighted by Gasteiger charge is -2.29. The molecule has 0 radical (unpaired) electrons. The van der Waals surface area contributed by atoms with Crippen LogP contribution in [-0.2, 0) is 16.0 Å². The summed E-state index contributed by atoms with van der Waals surface area (Å²) in [5.41, 5.74) is 2.08. The molecule has 1 heterocycles. The Hall–Kier alpha value is -1.88. The van der Waals surface area contributed by atoms with Gasteiger partial charge >= 0.3 is 0 Å². The van der Waals surface area contributed by atoms with E-state index in [4.69, 9.17) is 5.11 Å². The van der Waals surface area contributed by atoms with E-state index in [0.29, 0.717) is 6.54 Å². The Balaban J connectivity index is 2.06. The molecule has 1 aliphatic heterocycles. The van der Waals surface area contributed by atoms with Gasteiger partial charge in [0.15, 0.2) is 0 Å². The van der Waals surface area contributed by atoms with Crippen LogP contribution in [-0.4, -0.2) is 36.6 Å². The quantitative estimate of drug-likeness (QED) is 0.795. The maximum absolute atomic E-state index is 12.0. The van der Waals surface area contributed by atoms with Gasteiger partial charge in [-0.2, -0.15) is 0 Å². The van der Waals surface area contributed by atoms with Crippen LogP contribution >= 0.6 is 0 Å². The Labute approximate surface area is 105 Å². The molecule has 0 saturated carbocycles. The molecule has 1 aromatic carbocycles. The average Bonchev–Trinajstić information content (AvgIpc) is 2.43. The molecule has 0 bridgehead atoms. The summed E-state index contributed by atoms with van der Waals surface area (Å²) in [7, 11) is 0. The number of carbonyl (C=O) groups excluding carboxylic acids is 2. The zero-order valence-electron chi connectivity index (χ0n) is 10.1. The van der Waals surface area contributed by atoms with Gasteiger partial charge in [-0.05, 0) is 24.5 Å². The van der Waals surface area contributed by atoms with Crippen molar-refractivity contribution in [2.45, 2.75) is 12.8 Å². The first kappa shape index (κ1) is 12.6. The standard InChI is InChI=1S/C13H16N2O3/c16-9-12(17)14-8-13(18)15-7-3-5-10-4-1-2-6-11(10)15/h1-2,4,6,16H,3,5,7-9H2,(H,14,17). The van der Waals surface area contributed by atoms with Crippen molar-refractivity contribution in [2.24, 2.45) is 0 Å². The first-order valence-corrected chi connectivity index (χ1v) is 5.98. The third kappa shape index (κ3) is 2.68. The maximum Gasteiger partial charge on any atom is 0.246 e. The van der Waals surface area contributed by atoms with E-state index in [9.17, 15) is 9.59 Å². The van der Waals surface area contributed by atoms with Crippen LogP contribution in [0.2, 0.25) is 0 Å². The fraction of sp³-hybridized carbons (Fsp3) is 0.385. The second-order valence-corrected chi connectivity index (χ2v) is 4.21. The Morgan fingerprint density at radius 1 is 1.33 bits per heavy atom. The molecule has 0 fully saturated rings. The monoisotopic (exact) mass is 248 g/mol. The second kappa shape index (κ2) is 5.64. The Morgan fingerprint density at radius 3 is 2.89 bits per heavy atom. The van der Waals surface area contributed by atoms with Gasteiger partial charge in [-0.1, -0.05) is 18.2 Å². The molecule has 0 aliphatic carbocycles. The van der Waals surface area contributed by atoms with Crippen molar-refractivity contribution in [2.75, 3.05) is 24.6 Å². The van der Waals surface area contributed by atoms with Crippen molar-refractivity contribution in [1.82, 2.24) is 5.32 Å². The van der Waals surface area contributed by atoms with E-state index in [-0.39, 0.29) is 12.5 Å². The summed E-state index contributed by atoms with van der Waals surface area (Å²) in [5, 5.41) is 11.0. The summed E-state index contributed by atoms with van der Waals surface area (Å²) >= 11 is 0. The minimum atomic E-state index is -0.593. The Kier molecular flexibility index (Phi) is 3.94. The van der Waals surface area contributed by atoms with Crippen molar-refractivity contribution >= 4 is 17.5 Å². The van der Waals surface area contributed by atoms with Crippen LogP contribution in [0.4, 0.5) is 5.69 Å². The van der Waals surface area contributed by atoms with Gasteiger partial charge < -0.3 is 15.3 Å². The molecular weight excluding hydrogens is 232 g/mol. The van der Waals surface area contributed by atoms with E-state index in [1.807, 2.05) is 24.3 Å². The molecule has 2 rings (SSSR count). The normalized spacial score (nSPS) is 13.9. The average molecular weight is 248 g/mol. The number of amides is 2. The molecule has 96 valence electrons. The van der Waals surface area contributed by atoms with E-state index in [1.165, 1.54) is 0 Å². The highest BCUT2D eigenvalue weighted by Crippen LogP contribution is 2.26. The summed E-state index contributed by atoms with van der Waals surface area (Å²) in [4.78, 5) is 24.6. The number of carbonyl (C=O) groups is 2. The zero-order chi connectivity index (χ0) is 13.0. The molecule has 1 aromatic rings. The molecule has 0 spiro atoms. The zero-order valence-corrected chi connectivity index (χ0v) is 10.1. The molecule has 0 saturated heterocycles. The molecular formula is C13H16N2O3. The van der Waals surface area contributed by atoms with Crippen LogP contribution < -0.4 is 10.2 Å². The van der Waals surface area contributed by atoms with Crippen LogP contribution in [0.3, 0.4) is 0 Å². The molecule has 5 heteroatoms. The number of para-hydroxylation sites is 1. The number of nitrogens with one attached hydrogen (secondary N) is 1. The summed E-state index contributed by atoms with van der Waals surface area (Å²) < 4.78 is 0. The summed E-state index contributed by atoms with van der Waals surface area (Å²) in [5.74, 6) is -0.683. The molecule has 0 aromatic heterocycles. The smallest absolute Gasteiger partial charge is 0.246 e. The SMILES string of the molecule is O=C(CO)NCC(=O)N1CCCc2ccccc21. The topological polar surface area (TPSA) is 69.6 Å². The molecule has 1 aliphatic rings. The van der Waals surface area contributed by atoms with Crippen LogP contribution in [0, 0.1) is 0 Å². The number of aryl methyl sites for hydroxylation is 1. The second-order valence-electron chi connectivity index (χ2n) is 4.21. The number of fused-ring (bicyclic) bond motifs is 1. The summed E-state index contributed by atoms with van der Waals surface area (Å²) in [6, 6.07) is 7.79. The minimum Gasteiger partial charge on any atom is -0.387 e. The number of anilines is 1. The van der Waals surface area contributed by atoms with Crippen molar-refractivity contribution in [3.05, 3.63) is 29.8 Å². The van der Waals surface area contributed by atoms with Crippen molar-refractivity contribution < 1.29 is 14.7 Å². The fourth-order valence-electron chi connectivity index (χ4n) is 2.12. The first-order chi connectivity index (χ1) is 8.72. The lowest BCUT2D eigenvalue weighted by Crippen LogP contribution is -2.43. The lowest BCUT2D eigenvalue weighted by atomic mass is 10.0. The third-order valence-corrected chi connectivity index (χ3v) is 2.99. The molecule has 2 N–H and O–H groups in total. The van der Waals surface area contributed by atoms with Crippen molar-refractivity contribution in [1.29, 1.82) is 0 Å². The predicted molar refractivity (Wildman–Crippen MR) is 67.2 cm³/mol. The van der Waals surface area contributed by atoms with Crippen molar-refractivity contribution in [3.63, 3.8) is 0 Å². The molecule has 2 amide bonds. The summed E-state index contributed by atoms with van der Waals surface area (Å²) in [6.07, 6.45) is 1.90. The van der Waals surface area contributed by atoms with Gasteiger partial charge in [0.25, 0.3) is 0 Å². The highest BCUT2D eigenvalue weighted by atomic mass is 16.3. The van der Waals surface area contributed by atoms with Crippen LogP contribution in [0.25, 0.3) is 0 Å². The van der Waals surface area contributed by atoms with E-state index >= 15 is 0 Å². The van der Waals surface area contributed by atoms with Gasteiger partial charge in [-0.15, -0.1) is 0 Å². The molecule has 18 heavy (non-hydrogen) atoms. The minimum absolute atomic E-state index is 0.0757. The highest BCUT2D eigenvalue weighted by Gasteiger charge is 2.21. The highest BCUT2D eigenvalue weighted by molar-refractivity contribution is 5.97. The van der Waals surface area contributed by atoms with Gasteiger partial charge in [0.05, 0.1) is 6.54 Å². The summed E-state index contributed by atoms with van der Waals surface area (Å²) in [6.45, 7) is 0.00242. The third-order valence-electron chi connectivity index (χ3n) is 2.99. The van der Waals surface area contributed by atoms with Crippen LogP contribution in [0.1, 0.15) is 12.0 Å². The van der Waals surface area contributed by atoms with Crippen LogP contribution in [0.15, 0.2) is 24.3 Å². The Morgan fingerprint density at radius 2 is 2.11 bits per heavy atom. The molecule has 0 atom stereocenters.